The van der Waals surface area contributed by atoms with Crippen LogP contribution in [-0.4, -0.2) is 55.7 Å². The van der Waals surface area contributed by atoms with Crippen molar-refractivity contribution in [3.8, 4) is 12.3 Å². The number of fused-ring (bicyclic) bond motifs is 1. The summed E-state index contributed by atoms with van der Waals surface area (Å²) in [6.07, 6.45) is 3.50. The van der Waals surface area contributed by atoms with E-state index < -0.39 is 42.5 Å². The first-order valence-electron chi connectivity index (χ1n) is 10.2. The maximum atomic E-state index is 11.9. The largest absolute Gasteiger partial charge is 0.454 e. The number of hydrogen-bond donors (Lipinski definition) is 0. The lowest BCUT2D eigenvalue weighted by atomic mass is 9.96. The molecule has 30 heavy (non-hydrogen) atoms. The van der Waals surface area contributed by atoms with Crippen LogP contribution in [-0.2, 0) is 39.8 Å². The molecule has 2 aliphatic rings. The van der Waals surface area contributed by atoms with Crippen LogP contribution in [0.1, 0.15) is 39.2 Å². The third-order valence-corrected chi connectivity index (χ3v) is 4.94. The summed E-state index contributed by atoms with van der Waals surface area (Å²) in [6, 6.07) is 9.78. The van der Waals surface area contributed by atoms with Gasteiger partial charge in [-0.3, -0.25) is 4.79 Å². The predicted molar refractivity (Wildman–Crippen MR) is 108 cm³/mol. The van der Waals surface area contributed by atoms with E-state index in [4.69, 9.17) is 34.8 Å². The molecular weight excluding hydrogens is 388 g/mol. The fourth-order valence-electron chi connectivity index (χ4n) is 3.58. The zero-order valence-corrected chi connectivity index (χ0v) is 17.7. The fourth-order valence-corrected chi connectivity index (χ4v) is 3.58. The van der Waals surface area contributed by atoms with E-state index in [1.807, 2.05) is 44.2 Å². The summed E-state index contributed by atoms with van der Waals surface area (Å²) in [5.41, 5.74) is 1.000. The van der Waals surface area contributed by atoms with Gasteiger partial charge in [0, 0.05) is 13.3 Å². The van der Waals surface area contributed by atoms with Gasteiger partial charge in [0.05, 0.1) is 19.8 Å². The Morgan fingerprint density at radius 3 is 2.70 bits per heavy atom. The molecule has 0 amide bonds. The maximum absolute atomic E-state index is 11.9. The minimum atomic E-state index is -0.805. The molecule has 0 saturated carbocycles. The van der Waals surface area contributed by atoms with Gasteiger partial charge in [-0.1, -0.05) is 30.3 Å². The molecule has 2 aliphatic heterocycles. The molecule has 1 aromatic carbocycles. The molecular formula is C23H30O7. The molecule has 2 heterocycles. The van der Waals surface area contributed by atoms with E-state index in [-0.39, 0.29) is 0 Å². The van der Waals surface area contributed by atoms with E-state index >= 15 is 0 Å². The van der Waals surface area contributed by atoms with Crippen LogP contribution >= 0.6 is 0 Å². The zero-order valence-electron chi connectivity index (χ0n) is 17.7. The number of ether oxygens (including phenoxy) is 6. The quantitative estimate of drug-likeness (QED) is 0.365. The number of terminal acetylenes is 1. The molecule has 0 bridgehead atoms. The Balaban J connectivity index is 1.80. The third kappa shape index (κ3) is 6.03. The number of unbranched alkanes of at least 4 members (excludes halogenated alkanes) is 1. The molecule has 0 N–H and O–H groups in total. The van der Waals surface area contributed by atoms with E-state index in [1.54, 1.807) is 0 Å². The minimum absolute atomic E-state index is 0.319. The highest BCUT2D eigenvalue weighted by atomic mass is 16.8. The van der Waals surface area contributed by atoms with Crippen LogP contribution in [0.25, 0.3) is 0 Å². The van der Waals surface area contributed by atoms with E-state index in [9.17, 15) is 4.79 Å². The van der Waals surface area contributed by atoms with Crippen LogP contribution in [0.4, 0.5) is 0 Å². The Bertz CT molecular complexity index is 727. The molecule has 0 aromatic heterocycles. The van der Waals surface area contributed by atoms with Crippen molar-refractivity contribution in [1.29, 1.82) is 0 Å². The first-order valence-corrected chi connectivity index (χ1v) is 10.2. The first-order chi connectivity index (χ1) is 14.4. The van der Waals surface area contributed by atoms with Gasteiger partial charge in [0.25, 0.3) is 0 Å². The van der Waals surface area contributed by atoms with E-state index in [1.165, 1.54) is 6.92 Å². The lowest BCUT2D eigenvalue weighted by Crippen LogP contribution is -2.66. The third-order valence-electron chi connectivity index (χ3n) is 4.94. The average molecular weight is 418 g/mol. The summed E-state index contributed by atoms with van der Waals surface area (Å²) >= 11 is 0. The summed E-state index contributed by atoms with van der Waals surface area (Å²) in [6.45, 7) is 6.05. The predicted octanol–water partition coefficient (Wildman–Crippen LogP) is 2.81. The van der Waals surface area contributed by atoms with Crippen LogP contribution in [0.15, 0.2) is 30.3 Å². The Hall–Kier alpha value is -1.95. The molecule has 2 saturated heterocycles. The Morgan fingerprint density at radius 1 is 1.23 bits per heavy atom. The topological polar surface area (TPSA) is 72.5 Å². The fraction of sp³-hybridized carbons (Fsp3) is 0.609. The highest BCUT2D eigenvalue weighted by Gasteiger charge is 2.53. The van der Waals surface area contributed by atoms with Gasteiger partial charge in [0.15, 0.2) is 18.2 Å². The van der Waals surface area contributed by atoms with Crippen molar-refractivity contribution in [3.63, 3.8) is 0 Å². The molecule has 0 aliphatic carbocycles. The molecule has 5 atom stereocenters. The second-order valence-corrected chi connectivity index (χ2v) is 7.85. The average Bonchev–Trinajstić information content (AvgIpc) is 2.71. The molecule has 2 unspecified atom stereocenters. The number of rotatable bonds is 8. The first kappa shape index (κ1) is 22.7. The van der Waals surface area contributed by atoms with Crippen LogP contribution in [0.5, 0.6) is 0 Å². The van der Waals surface area contributed by atoms with Gasteiger partial charge in [0.1, 0.15) is 18.3 Å². The number of esters is 1. The van der Waals surface area contributed by atoms with Gasteiger partial charge in [-0.25, -0.2) is 0 Å². The Labute approximate surface area is 177 Å². The van der Waals surface area contributed by atoms with Crippen molar-refractivity contribution in [2.24, 2.45) is 0 Å². The highest BCUT2D eigenvalue weighted by molar-refractivity contribution is 5.66. The van der Waals surface area contributed by atoms with Crippen LogP contribution in [0, 0.1) is 12.3 Å². The van der Waals surface area contributed by atoms with Crippen molar-refractivity contribution >= 4 is 5.97 Å². The number of carbonyl (C=O) groups is 1. The van der Waals surface area contributed by atoms with Crippen LogP contribution in [0.3, 0.4) is 0 Å². The molecule has 1 aromatic rings. The standard InChI is InChI=1S/C23H30O7/c1-5-6-10-13-25-22-21(28-16(2)24)20(26-14-17-11-8-7-9-12-17)19-18(29-22)15-27-23(3,4)30-19/h1,7-9,11-12,18-22H,6,10,13-15H2,2-4H3/t18?,19-,20-,21?,22-/m1/s1. The summed E-state index contributed by atoms with van der Waals surface area (Å²) in [7, 11) is 0. The molecule has 7 nitrogen and oxygen atoms in total. The van der Waals surface area contributed by atoms with E-state index in [0.29, 0.717) is 32.7 Å². The molecule has 0 radical (unpaired) electrons. The Kier molecular flexibility index (Phi) is 7.87. The number of carbonyl (C=O) groups excluding carboxylic acids is 1. The molecule has 2 fully saturated rings. The number of benzene rings is 1. The van der Waals surface area contributed by atoms with Crippen molar-refractivity contribution in [2.45, 2.75) is 76.7 Å². The van der Waals surface area contributed by atoms with Gasteiger partial charge in [-0.2, -0.15) is 0 Å². The van der Waals surface area contributed by atoms with Crippen LogP contribution < -0.4 is 0 Å². The van der Waals surface area contributed by atoms with E-state index in [0.717, 1.165) is 5.56 Å². The van der Waals surface area contributed by atoms with E-state index in [2.05, 4.69) is 5.92 Å². The van der Waals surface area contributed by atoms with Crippen molar-refractivity contribution < 1.29 is 33.2 Å². The Morgan fingerprint density at radius 2 is 2.00 bits per heavy atom. The van der Waals surface area contributed by atoms with Crippen molar-refractivity contribution in [1.82, 2.24) is 0 Å². The lowest BCUT2D eigenvalue weighted by Gasteiger charge is -2.50. The zero-order chi connectivity index (χ0) is 21.6. The lowest BCUT2D eigenvalue weighted by molar-refractivity contribution is -0.386. The normalized spacial score (nSPS) is 30.1. The second-order valence-electron chi connectivity index (χ2n) is 7.85. The van der Waals surface area contributed by atoms with Gasteiger partial charge in [-0.05, 0) is 25.8 Å². The van der Waals surface area contributed by atoms with Gasteiger partial charge < -0.3 is 28.4 Å². The smallest absolute Gasteiger partial charge is 0.303 e. The summed E-state index contributed by atoms with van der Waals surface area (Å²) in [5.74, 6) is 1.33. The van der Waals surface area contributed by atoms with Crippen molar-refractivity contribution in [3.05, 3.63) is 35.9 Å². The van der Waals surface area contributed by atoms with Crippen molar-refractivity contribution in [2.75, 3.05) is 13.2 Å². The summed E-state index contributed by atoms with van der Waals surface area (Å²) in [4.78, 5) is 11.9. The van der Waals surface area contributed by atoms with Crippen LogP contribution in [0.2, 0.25) is 0 Å². The summed E-state index contributed by atoms with van der Waals surface area (Å²) in [5, 5.41) is 0. The molecule has 164 valence electrons. The SMILES string of the molecule is C#CCCCO[C@@H]1OC2COC(C)(C)O[C@H]2[C@@H](OCc2ccccc2)C1OC(C)=O. The second kappa shape index (κ2) is 10.4. The number of hydrogen-bond acceptors (Lipinski definition) is 7. The monoisotopic (exact) mass is 418 g/mol. The molecule has 3 rings (SSSR count). The summed E-state index contributed by atoms with van der Waals surface area (Å²) < 4.78 is 35.7. The van der Waals surface area contributed by atoms with Gasteiger partial charge in [0.2, 0.25) is 0 Å². The molecule has 0 spiro atoms. The van der Waals surface area contributed by atoms with Gasteiger partial charge in [-0.15, -0.1) is 12.3 Å². The maximum Gasteiger partial charge on any atom is 0.303 e. The minimum Gasteiger partial charge on any atom is -0.454 e. The highest BCUT2D eigenvalue weighted by Crippen LogP contribution is 2.36. The molecule has 7 heteroatoms. The van der Waals surface area contributed by atoms with Gasteiger partial charge >= 0.3 is 5.97 Å².